The lowest BCUT2D eigenvalue weighted by Gasteiger charge is -2.07. The number of ether oxygens (including phenoxy) is 1. The first-order valence-electron chi connectivity index (χ1n) is 4.67. The van der Waals surface area contributed by atoms with Gasteiger partial charge in [0.1, 0.15) is 17.3 Å². The molecule has 0 unspecified atom stereocenters. The molecule has 0 fully saturated rings. The smallest absolute Gasteiger partial charge is 0.156 e. The number of aliphatic hydroxyl groups excluding tert-OH is 1. The van der Waals surface area contributed by atoms with Gasteiger partial charge < -0.3 is 15.2 Å². The van der Waals surface area contributed by atoms with Gasteiger partial charge in [-0.15, -0.1) is 0 Å². The number of halogens is 1. The fraction of sp³-hybridized carbons (Fsp3) is 0.444. The van der Waals surface area contributed by atoms with Gasteiger partial charge in [-0.3, -0.25) is 4.79 Å². The van der Waals surface area contributed by atoms with Crippen molar-refractivity contribution in [1.29, 1.82) is 0 Å². The number of anilines is 1. The fourth-order valence-corrected chi connectivity index (χ4v) is 1.21. The van der Waals surface area contributed by atoms with Crippen LogP contribution in [0.4, 0.5) is 5.82 Å². The topological polar surface area (TPSA) is 84.3 Å². The third-order valence-corrected chi connectivity index (χ3v) is 2.03. The van der Waals surface area contributed by atoms with E-state index in [0.717, 1.165) is 0 Å². The second-order valence-corrected chi connectivity index (χ2v) is 3.17. The number of carbonyl (C=O) groups is 1. The summed E-state index contributed by atoms with van der Waals surface area (Å²) in [5.41, 5.74) is 0.228. The molecule has 1 rings (SSSR count). The SMILES string of the molecule is O=Cc1c(Cl)ncnc1NCCOCCO. The molecule has 7 heteroatoms. The quantitative estimate of drug-likeness (QED) is 0.410. The molecule has 0 saturated carbocycles. The summed E-state index contributed by atoms with van der Waals surface area (Å²) in [6, 6.07) is 0. The second kappa shape index (κ2) is 7.10. The number of carbonyl (C=O) groups excluding carboxylic acids is 1. The number of nitrogens with zero attached hydrogens (tertiary/aromatic N) is 2. The maximum absolute atomic E-state index is 10.7. The number of aldehydes is 1. The van der Waals surface area contributed by atoms with E-state index in [0.29, 0.717) is 25.3 Å². The summed E-state index contributed by atoms with van der Waals surface area (Å²) in [7, 11) is 0. The van der Waals surface area contributed by atoms with Gasteiger partial charge in [0.25, 0.3) is 0 Å². The minimum absolute atomic E-state index is 0.0150. The van der Waals surface area contributed by atoms with Crippen molar-refractivity contribution in [3.63, 3.8) is 0 Å². The molecule has 2 N–H and O–H groups in total. The molecule has 88 valence electrons. The Balaban J connectivity index is 2.47. The van der Waals surface area contributed by atoms with Gasteiger partial charge >= 0.3 is 0 Å². The first-order valence-corrected chi connectivity index (χ1v) is 5.05. The summed E-state index contributed by atoms with van der Waals surface area (Å²) in [5.74, 6) is 0.377. The zero-order valence-corrected chi connectivity index (χ0v) is 9.28. The highest BCUT2D eigenvalue weighted by Gasteiger charge is 2.07. The lowest BCUT2D eigenvalue weighted by atomic mass is 10.3. The standard InChI is InChI=1S/C9H12ClN3O3/c10-8-7(5-15)9(13-6-12-8)11-1-3-16-4-2-14/h5-6,14H,1-4H2,(H,11,12,13). The van der Waals surface area contributed by atoms with Crippen molar-refractivity contribution in [2.24, 2.45) is 0 Å². The molecule has 0 spiro atoms. The summed E-state index contributed by atoms with van der Waals surface area (Å²) in [6.45, 7) is 1.14. The normalized spacial score (nSPS) is 10.1. The lowest BCUT2D eigenvalue weighted by Crippen LogP contribution is -2.13. The van der Waals surface area contributed by atoms with Crippen LogP contribution < -0.4 is 5.32 Å². The highest BCUT2D eigenvalue weighted by molar-refractivity contribution is 6.32. The first kappa shape index (κ1) is 12.8. The molecule has 16 heavy (non-hydrogen) atoms. The average Bonchev–Trinajstić information content (AvgIpc) is 2.29. The monoisotopic (exact) mass is 245 g/mol. The van der Waals surface area contributed by atoms with Crippen LogP contribution in [0.1, 0.15) is 10.4 Å². The Morgan fingerprint density at radius 3 is 3.00 bits per heavy atom. The Morgan fingerprint density at radius 1 is 1.50 bits per heavy atom. The molecular weight excluding hydrogens is 234 g/mol. The van der Waals surface area contributed by atoms with Gasteiger partial charge in [0, 0.05) is 6.54 Å². The number of nitrogens with one attached hydrogen (secondary N) is 1. The Morgan fingerprint density at radius 2 is 2.31 bits per heavy atom. The van der Waals surface area contributed by atoms with Gasteiger partial charge in [-0.1, -0.05) is 11.6 Å². The van der Waals surface area contributed by atoms with E-state index in [-0.39, 0.29) is 23.9 Å². The lowest BCUT2D eigenvalue weighted by molar-refractivity contribution is 0.0991. The molecule has 1 aromatic rings. The maximum Gasteiger partial charge on any atom is 0.156 e. The molecule has 0 aliphatic heterocycles. The van der Waals surface area contributed by atoms with E-state index >= 15 is 0 Å². The Hall–Kier alpha value is -1.24. The van der Waals surface area contributed by atoms with Gasteiger partial charge in [-0.05, 0) is 0 Å². The highest BCUT2D eigenvalue weighted by Crippen LogP contribution is 2.16. The molecule has 6 nitrogen and oxygen atoms in total. The van der Waals surface area contributed by atoms with Crippen LogP contribution in [0.15, 0.2) is 6.33 Å². The van der Waals surface area contributed by atoms with Crippen molar-refractivity contribution in [3.05, 3.63) is 17.0 Å². The molecule has 0 aliphatic rings. The van der Waals surface area contributed by atoms with Crippen LogP contribution in [0.25, 0.3) is 0 Å². The summed E-state index contributed by atoms with van der Waals surface area (Å²) >= 11 is 5.71. The second-order valence-electron chi connectivity index (χ2n) is 2.81. The van der Waals surface area contributed by atoms with Gasteiger partial charge in [0.2, 0.25) is 0 Å². The van der Waals surface area contributed by atoms with Crippen molar-refractivity contribution in [3.8, 4) is 0 Å². The number of hydrogen-bond acceptors (Lipinski definition) is 6. The molecule has 0 aromatic carbocycles. The van der Waals surface area contributed by atoms with Crippen molar-refractivity contribution in [2.45, 2.75) is 0 Å². The summed E-state index contributed by atoms with van der Waals surface area (Å²) in [4.78, 5) is 18.3. The van der Waals surface area contributed by atoms with E-state index in [2.05, 4.69) is 15.3 Å². The molecule has 0 aliphatic carbocycles. The van der Waals surface area contributed by atoms with Gasteiger partial charge in [0.05, 0.1) is 25.4 Å². The maximum atomic E-state index is 10.7. The third-order valence-electron chi connectivity index (χ3n) is 1.73. The van der Waals surface area contributed by atoms with E-state index < -0.39 is 0 Å². The number of hydrogen-bond donors (Lipinski definition) is 2. The number of aliphatic hydroxyl groups is 1. The molecule has 1 heterocycles. The van der Waals surface area contributed by atoms with Crippen LogP contribution in [0.5, 0.6) is 0 Å². The van der Waals surface area contributed by atoms with Crippen molar-refractivity contribution in [1.82, 2.24) is 9.97 Å². The minimum atomic E-state index is -0.0150. The molecule has 1 aromatic heterocycles. The summed E-state index contributed by atoms with van der Waals surface area (Å²) in [5, 5.41) is 11.5. The number of rotatable bonds is 7. The van der Waals surface area contributed by atoms with E-state index in [1.54, 1.807) is 0 Å². The van der Waals surface area contributed by atoms with E-state index in [4.69, 9.17) is 21.4 Å². The highest BCUT2D eigenvalue weighted by atomic mass is 35.5. The largest absolute Gasteiger partial charge is 0.394 e. The van der Waals surface area contributed by atoms with Gasteiger partial charge in [0.15, 0.2) is 6.29 Å². The van der Waals surface area contributed by atoms with Gasteiger partial charge in [-0.2, -0.15) is 0 Å². The molecular formula is C9H12ClN3O3. The van der Waals surface area contributed by atoms with Crippen molar-refractivity contribution >= 4 is 23.7 Å². The van der Waals surface area contributed by atoms with E-state index in [9.17, 15) is 4.79 Å². The predicted molar refractivity (Wildman–Crippen MR) is 58.8 cm³/mol. The number of aromatic nitrogens is 2. The van der Waals surface area contributed by atoms with Crippen LogP contribution in [0.2, 0.25) is 5.15 Å². The molecule has 0 amide bonds. The first-order chi connectivity index (χ1) is 7.79. The van der Waals surface area contributed by atoms with Crippen LogP contribution in [0.3, 0.4) is 0 Å². The molecule has 0 bridgehead atoms. The Bertz CT molecular complexity index is 349. The van der Waals surface area contributed by atoms with Crippen LogP contribution >= 0.6 is 11.6 Å². The van der Waals surface area contributed by atoms with Crippen molar-refractivity contribution in [2.75, 3.05) is 31.7 Å². The molecule has 0 saturated heterocycles. The predicted octanol–water partition coefficient (Wildman–Crippen LogP) is 0.363. The summed E-state index contributed by atoms with van der Waals surface area (Å²) in [6.07, 6.45) is 1.87. The zero-order chi connectivity index (χ0) is 11.8. The van der Waals surface area contributed by atoms with E-state index in [1.807, 2.05) is 0 Å². The van der Waals surface area contributed by atoms with Crippen LogP contribution in [-0.4, -0.2) is 47.7 Å². The molecule has 0 radical (unpaired) electrons. The van der Waals surface area contributed by atoms with E-state index in [1.165, 1.54) is 6.33 Å². The Labute approximate surface area is 97.6 Å². The zero-order valence-electron chi connectivity index (χ0n) is 8.52. The average molecular weight is 246 g/mol. The van der Waals surface area contributed by atoms with Crippen LogP contribution in [0, 0.1) is 0 Å². The van der Waals surface area contributed by atoms with Crippen LogP contribution in [-0.2, 0) is 4.74 Å². The summed E-state index contributed by atoms with van der Waals surface area (Å²) < 4.78 is 5.03. The van der Waals surface area contributed by atoms with Gasteiger partial charge in [-0.25, -0.2) is 9.97 Å². The minimum Gasteiger partial charge on any atom is -0.394 e. The third kappa shape index (κ3) is 3.73. The molecule has 0 atom stereocenters. The van der Waals surface area contributed by atoms with Crippen molar-refractivity contribution < 1.29 is 14.6 Å². The fourth-order valence-electron chi connectivity index (χ4n) is 1.03. The Kier molecular flexibility index (Phi) is 5.69.